The van der Waals surface area contributed by atoms with Crippen LogP contribution in [0.4, 0.5) is 5.69 Å². The number of ether oxygens (including phenoxy) is 2. The zero-order valence-corrected chi connectivity index (χ0v) is 19.9. The number of benzene rings is 3. The molecule has 1 amide bonds. The van der Waals surface area contributed by atoms with Gasteiger partial charge in [-0.25, -0.2) is 0 Å². The van der Waals surface area contributed by atoms with Gasteiger partial charge in [0.15, 0.2) is 11.5 Å². The molecule has 5 heteroatoms. The molecule has 5 nitrogen and oxygen atoms in total. The van der Waals surface area contributed by atoms with E-state index in [9.17, 15) is 4.79 Å². The minimum absolute atomic E-state index is 0.0732. The lowest BCUT2D eigenvalue weighted by Crippen LogP contribution is -2.68. The van der Waals surface area contributed by atoms with E-state index in [2.05, 4.69) is 60.5 Å². The molecule has 0 spiro atoms. The Balaban J connectivity index is 1.45. The number of hydrogen-bond acceptors (Lipinski definition) is 4. The van der Waals surface area contributed by atoms with Crippen LogP contribution in [0.25, 0.3) is 6.08 Å². The zero-order valence-electron chi connectivity index (χ0n) is 19.9. The Morgan fingerprint density at radius 1 is 1.00 bits per heavy atom. The van der Waals surface area contributed by atoms with Gasteiger partial charge >= 0.3 is 0 Å². The summed E-state index contributed by atoms with van der Waals surface area (Å²) >= 11 is 0. The largest absolute Gasteiger partial charge is 0.493 e. The van der Waals surface area contributed by atoms with Gasteiger partial charge in [-0.15, -0.1) is 0 Å². The van der Waals surface area contributed by atoms with Crippen molar-refractivity contribution < 1.29 is 14.3 Å². The van der Waals surface area contributed by atoms with Crippen LogP contribution in [0, 0.1) is 0 Å². The van der Waals surface area contributed by atoms with Crippen LogP contribution >= 0.6 is 0 Å². The van der Waals surface area contributed by atoms with Gasteiger partial charge in [0.25, 0.3) is 0 Å². The summed E-state index contributed by atoms with van der Waals surface area (Å²) in [5, 5.41) is 3.32. The van der Waals surface area contributed by atoms with Gasteiger partial charge in [-0.1, -0.05) is 74.5 Å². The smallest absolute Gasteiger partial charge is 0.223 e. The minimum atomic E-state index is -0.637. The number of hydrogen-bond donors (Lipinski definition) is 1. The number of rotatable bonds is 6. The van der Waals surface area contributed by atoms with Crippen molar-refractivity contribution in [3.63, 3.8) is 0 Å². The summed E-state index contributed by atoms with van der Waals surface area (Å²) in [5.41, 5.74) is 3.55. The van der Waals surface area contributed by atoms with E-state index >= 15 is 0 Å². The van der Waals surface area contributed by atoms with Crippen LogP contribution in [0.3, 0.4) is 0 Å². The van der Waals surface area contributed by atoms with Gasteiger partial charge in [-0.3, -0.25) is 4.79 Å². The lowest BCUT2D eigenvalue weighted by molar-refractivity contribution is -0.124. The Hall–Kier alpha value is -3.73. The lowest BCUT2D eigenvalue weighted by Gasteiger charge is -2.49. The fraction of sp³-hybridized carbons (Fsp3) is 0.276. The quantitative estimate of drug-likeness (QED) is 0.549. The Morgan fingerprint density at radius 3 is 2.56 bits per heavy atom. The maximum atomic E-state index is 12.6. The second kappa shape index (κ2) is 8.56. The second-order valence-corrected chi connectivity index (χ2v) is 9.38. The number of amides is 1. The van der Waals surface area contributed by atoms with Crippen LogP contribution < -0.4 is 19.7 Å². The predicted octanol–water partition coefficient (Wildman–Crippen LogP) is 5.30. The number of nitrogens with zero attached hydrogens (tertiary/aromatic N) is 1. The molecule has 1 N–H and O–H groups in total. The topological polar surface area (TPSA) is 50.8 Å². The van der Waals surface area contributed by atoms with E-state index in [-0.39, 0.29) is 11.3 Å². The molecule has 3 aromatic rings. The lowest BCUT2D eigenvalue weighted by atomic mass is 9.74. The average Bonchev–Trinajstić information content (AvgIpc) is 3.05. The van der Waals surface area contributed by atoms with Crippen molar-refractivity contribution in [2.45, 2.75) is 38.0 Å². The molecular formula is C29H30N2O3. The molecule has 5 rings (SSSR count). The number of nitrogens with one attached hydrogen (secondary N) is 1. The van der Waals surface area contributed by atoms with Crippen LogP contribution in [-0.2, 0) is 16.8 Å². The standard InChI is InChI=1S/C29H30N2O3/c1-28(2)23-11-7-8-12-24(23)31-18-16-27(32)30-29(28,31)17-15-21-13-14-25(26(19-21)33-3)34-20-22-9-5-4-6-10-22/h4-15,17,19H,16,18,20H2,1-3H3,(H,30,32). The van der Waals surface area contributed by atoms with E-state index in [1.807, 2.05) is 48.5 Å². The number of para-hydroxylation sites is 1. The normalized spacial score (nSPS) is 20.6. The summed E-state index contributed by atoms with van der Waals surface area (Å²) in [5.74, 6) is 1.45. The van der Waals surface area contributed by atoms with E-state index in [1.54, 1.807) is 7.11 Å². The van der Waals surface area contributed by atoms with Gasteiger partial charge in [0.05, 0.1) is 7.11 Å². The number of anilines is 1. The van der Waals surface area contributed by atoms with Crippen molar-refractivity contribution in [2.24, 2.45) is 0 Å². The van der Waals surface area contributed by atoms with Crippen molar-refractivity contribution in [1.82, 2.24) is 5.32 Å². The highest BCUT2D eigenvalue weighted by atomic mass is 16.5. The number of carbonyl (C=O) groups is 1. The molecule has 0 aromatic heterocycles. The first-order valence-electron chi connectivity index (χ1n) is 11.7. The predicted molar refractivity (Wildman–Crippen MR) is 135 cm³/mol. The molecule has 2 aliphatic rings. The molecule has 34 heavy (non-hydrogen) atoms. The third kappa shape index (κ3) is 3.61. The highest BCUT2D eigenvalue weighted by Gasteiger charge is 2.57. The van der Waals surface area contributed by atoms with Gasteiger partial charge in [0.2, 0.25) is 5.91 Å². The monoisotopic (exact) mass is 454 g/mol. The highest BCUT2D eigenvalue weighted by molar-refractivity contribution is 5.84. The highest BCUT2D eigenvalue weighted by Crippen LogP contribution is 2.52. The second-order valence-electron chi connectivity index (χ2n) is 9.38. The summed E-state index contributed by atoms with van der Waals surface area (Å²) in [6, 6.07) is 24.4. The first kappa shape index (κ1) is 22.1. The summed E-state index contributed by atoms with van der Waals surface area (Å²) in [6.07, 6.45) is 4.68. The molecule has 1 atom stereocenters. The Bertz CT molecular complexity index is 1240. The Morgan fingerprint density at radius 2 is 1.76 bits per heavy atom. The molecule has 3 aromatic carbocycles. The molecule has 1 unspecified atom stereocenters. The maximum absolute atomic E-state index is 12.6. The Kier molecular flexibility index (Phi) is 5.56. The molecule has 2 heterocycles. The van der Waals surface area contributed by atoms with Crippen molar-refractivity contribution in [1.29, 1.82) is 0 Å². The fourth-order valence-electron chi connectivity index (χ4n) is 5.18. The first-order valence-corrected chi connectivity index (χ1v) is 11.7. The van der Waals surface area contributed by atoms with Crippen molar-refractivity contribution >= 4 is 17.7 Å². The van der Waals surface area contributed by atoms with Crippen molar-refractivity contribution in [2.75, 3.05) is 18.6 Å². The van der Waals surface area contributed by atoms with E-state index in [4.69, 9.17) is 9.47 Å². The molecular weight excluding hydrogens is 424 g/mol. The average molecular weight is 455 g/mol. The van der Waals surface area contributed by atoms with Gasteiger partial charge in [0, 0.05) is 24.1 Å². The SMILES string of the molecule is COc1cc(C=CC23NC(=O)CCN2c2ccccc2C3(C)C)ccc1OCc1ccccc1. The zero-order chi connectivity index (χ0) is 23.8. The van der Waals surface area contributed by atoms with E-state index < -0.39 is 5.66 Å². The fourth-order valence-corrected chi connectivity index (χ4v) is 5.18. The van der Waals surface area contributed by atoms with Gasteiger partial charge in [-0.05, 0) is 41.0 Å². The van der Waals surface area contributed by atoms with Gasteiger partial charge in [0.1, 0.15) is 12.3 Å². The Labute approximate surface area is 201 Å². The molecule has 2 aliphatic heterocycles. The summed E-state index contributed by atoms with van der Waals surface area (Å²) in [4.78, 5) is 14.9. The van der Waals surface area contributed by atoms with Crippen LogP contribution in [0.15, 0.2) is 78.9 Å². The van der Waals surface area contributed by atoms with E-state index in [0.29, 0.717) is 31.1 Å². The number of fused-ring (bicyclic) bond motifs is 3. The summed E-state index contributed by atoms with van der Waals surface area (Å²) in [7, 11) is 1.65. The molecule has 1 fully saturated rings. The minimum Gasteiger partial charge on any atom is -0.493 e. The van der Waals surface area contributed by atoms with E-state index in [0.717, 1.165) is 11.1 Å². The number of methoxy groups -OCH3 is 1. The maximum Gasteiger partial charge on any atom is 0.223 e. The van der Waals surface area contributed by atoms with E-state index in [1.165, 1.54) is 11.3 Å². The van der Waals surface area contributed by atoms with Gasteiger partial charge in [-0.2, -0.15) is 0 Å². The van der Waals surface area contributed by atoms with Crippen molar-refractivity contribution in [3.05, 3.63) is 95.6 Å². The van der Waals surface area contributed by atoms with Crippen LogP contribution in [0.1, 0.15) is 37.0 Å². The molecule has 0 aliphatic carbocycles. The van der Waals surface area contributed by atoms with Crippen LogP contribution in [0.5, 0.6) is 11.5 Å². The molecule has 174 valence electrons. The molecule has 0 radical (unpaired) electrons. The molecule has 0 saturated carbocycles. The third-order valence-corrected chi connectivity index (χ3v) is 7.08. The summed E-state index contributed by atoms with van der Waals surface area (Å²) < 4.78 is 11.6. The summed E-state index contributed by atoms with van der Waals surface area (Å²) in [6.45, 7) is 5.56. The first-order chi connectivity index (χ1) is 16.4. The molecule has 0 bridgehead atoms. The third-order valence-electron chi connectivity index (χ3n) is 7.08. The van der Waals surface area contributed by atoms with Crippen LogP contribution in [-0.4, -0.2) is 25.2 Å². The van der Waals surface area contributed by atoms with Gasteiger partial charge < -0.3 is 19.7 Å². The van der Waals surface area contributed by atoms with Crippen molar-refractivity contribution in [3.8, 4) is 11.5 Å². The van der Waals surface area contributed by atoms with Crippen LogP contribution in [0.2, 0.25) is 0 Å². The molecule has 1 saturated heterocycles. The number of carbonyl (C=O) groups excluding carboxylic acids is 1.